The summed E-state index contributed by atoms with van der Waals surface area (Å²) in [6, 6.07) is 9.47. The molecule has 3 aromatic heterocycles. The van der Waals surface area contributed by atoms with Crippen molar-refractivity contribution >= 4 is 28.7 Å². The van der Waals surface area contributed by atoms with E-state index in [2.05, 4.69) is 15.4 Å². The van der Waals surface area contributed by atoms with Crippen molar-refractivity contribution in [2.45, 2.75) is 38.6 Å². The van der Waals surface area contributed by atoms with Gasteiger partial charge in [0.05, 0.1) is 30.8 Å². The summed E-state index contributed by atoms with van der Waals surface area (Å²) in [7, 11) is 0. The molecule has 0 bridgehead atoms. The van der Waals surface area contributed by atoms with Gasteiger partial charge in [-0.1, -0.05) is 23.9 Å². The van der Waals surface area contributed by atoms with Crippen LogP contribution < -0.4 is 10.9 Å². The van der Waals surface area contributed by atoms with Crippen molar-refractivity contribution in [1.29, 1.82) is 0 Å². The summed E-state index contributed by atoms with van der Waals surface area (Å²) in [5.41, 5.74) is 2.08. The zero-order valence-corrected chi connectivity index (χ0v) is 18.5. The average Bonchev–Trinajstić information content (AvgIpc) is 3.42. The Morgan fingerprint density at radius 3 is 2.72 bits per heavy atom. The number of fused-ring (bicyclic) bond motifs is 1. The lowest BCUT2D eigenvalue weighted by atomic mass is 10.2. The van der Waals surface area contributed by atoms with E-state index in [9.17, 15) is 14.0 Å². The third-order valence-electron chi connectivity index (χ3n) is 4.91. The third kappa shape index (κ3) is 4.59. The molecular weight excluding hydrogens is 433 g/mol. The van der Waals surface area contributed by atoms with E-state index in [1.54, 1.807) is 42.1 Å². The van der Waals surface area contributed by atoms with Gasteiger partial charge >= 0.3 is 0 Å². The minimum absolute atomic E-state index is 0.0725. The van der Waals surface area contributed by atoms with E-state index in [1.165, 1.54) is 28.5 Å². The van der Waals surface area contributed by atoms with Crippen molar-refractivity contribution in [1.82, 2.24) is 24.6 Å². The summed E-state index contributed by atoms with van der Waals surface area (Å²) >= 11 is 1.17. The van der Waals surface area contributed by atoms with E-state index >= 15 is 0 Å². The second kappa shape index (κ2) is 9.39. The topological polar surface area (TPSA) is 94.9 Å². The van der Waals surface area contributed by atoms with Gasteiger partial charge in [0.1, 0.15) is 17.1 Å². The number of carbonyl (C=O) groups excluding carboxylic acids is 1. The van der Waals surface area contributed by atoms with Crippen LogP contribution in [0.25, 0.3) is 11.0 Å². The van der Waals surface area contributed by atoms with Crippen molar-refractivity contribution in [2.24, 2.45) is 0 Å². The molecule has 0 aliphatic carbocycles. The van der Waals surface area contributed by atoms with E-state index < -0.39 is 0 Å². The molecule has 4 rings (SSSR count). The van der Waals surface area contributed by atoms with Crippen LogP contribution in [0.3, 0.4) is 0 Å². The Hall–Kier alpha value is -3.40. The Labute approximate surface area is 187 Å². The number of aryl methyl sites for hydroxylation is 2. The number of carbonyl (C=O) groups is 1. The van der Waals surface area contributed by atoms with Gasteiger partial charge in [-0.2, -0.15) is 5.10 Å². The van der Waals surface area contributed by atoms with Crippen LogP contribution in [0.4, 0.5) is 4.39 Å². The van der Waals surface area contributed by atoms with E-state index in [1.807, 2.05) is 6.92 Å². The number of nitrogens with one attached hydrogen (secondary N) is 1. The summed E-state index contributed by atoms with van der Waals surface area (Å²) in [5.74, 6) is 0.161. The molecule has 166 valence electrons. The molecule has 4 aromatic rings. The quantitative estimate of drug-likeness (QED) is 0.324. The van der Waals surface area contributed by atoms with Crippen LogP contribution in [0, 0.1) is 12.7 Å². The predicted octanol–water partition coefficient (Wildman–Crippen LogP) is 3.11. The van der Waals surface area contributed by atoms with Crippen LogP contribution in [-0.4, -0.2) is 31.0 Å². The Bertz CT molecular complexity index is 1300. The molecule has 0 aliphatic heterocycles. The molecule has 0 spiro atoms. The standard InChI is InChI=1S/C22H22FN5O3S/c1-3-28-20-19(14(2)26-28)25-22(32-13-18(29)24-11-17-5-4-10-31-17)27(21(20)30)12-15-6-8-16(23)9-7-15/h4-10H,3,11-13H2,1-2H3,(H,24,29). The van der Waals surface area contributed by atoms with Gasteiger partial charge in [-0.25, -0.2) is 9.37 Å². The number of hydrogen-bond acceptors (Lipinski definition) is 6. The molecule has 32 heavy (non-hydrogen) atoms. The Morgan fingerprint density at radius 1 is 1.25 bits per heavy atom. The fraction of sp³-hybridized carbons (Fsp3) is 0.273. The lowest BCUT2D eigenvalue weighted by Crippen LogP contribution is -2.27. The van der Waals surface area contributed by atoms with Crippen LogP contribution >= 0.6 is 11.8 Å². The maximum absolute atomic E-state index is 13.4. The molecule has 3 heterocycles. The van der Waals surface area contributed by atoms with Crippen LogP contribution in [0.5, 0.6) is 0 Å². The number of thioether (sulfide) groups is 1. The predicted molar refractivity (Wildman–Crippen MR) is 119 cm³/mol. The smallest absolute Gasteiger partial charge is 0.280 e. The molecule has 0 saturated carbocycles. The number of aromatic nitrogens is 4. The molecule has 8 nitrogen and oxygen atoms in total. The molecule has 0 radical (unpaired) electrons. The fourth-order valence-electron chi connectivity index (χ4n) is 3.32. The van der Waals surface area contributed by atoms with Gasteiger partial charge < -0.3 is 9.73 Å². The molecular formula is C22H22FN5O3S. The number of furan rings is 1. The first-order valence-electron chi connectivity index (χ1n) is 10.1. The molecule has 0 unspecified atom stereocenters. The Balaban J connectivity index is 1.64. The zero-order valence-electron chi connectivity index (χ0n) is 17.7. The molecule has 0 aliphatic rings. The van der Waals surface area contributed by atoms with Gasteiger partial charge in [0.2, 0.25) is 5.91 Å². The first kappa shape index (κ1) is 21.8. The molecule has 0 saturated heterocycles. The number of amides is 1. The lowest BCUT2D eigenvalue weighted by molar-refractivity contribution is -0.118. The minimum Gasteiger partial charge on any atom is -0.467 e. The summed E-state index contributed by atoms with van der Waals surface area (Å²) in [6.07, 6.45) is 1.54. The number of rotatable bonds is 8. The van der Waals surface area contributed by atoms with Gasteiger partial charge in [0, 0.05) is 6.54 Å². The zero-order chi connectivity index (χ0) is 22.7. The van der Waals surface area contributed by atoms with Crippen LogP contribution in [-0.2, 0) is 24.4 Å². The summed E-state index contributed by atoms with van der Waals surface area (Å²) in [6.45, 7) is 4.72. The van der Waals surface area contributed by atoms with Gasteiger partial charge in [-0.3, -0.25) is 18.8 Å². The highest BCUT2D eigenvalue weighted by atomic mass is 32.2. The van der Waals surface area contributed by atoms with E-state index in [0.29, 0.717) is 34.2 Å². The fourth-order valence-corrected chi connectivity index (χ4v) is 4.14. The van der Waals surface area contributed by atoms with Crippen molar-refractivity contribution in [3.05, 3.63) is 75.9 Å². The van der Waals surface area contributed by atoms with Crippen molar-refractivity contribution in [3.8, 4) is 0 Å². The second-order valence-electron chi connectivity index (χ2n) is 7.16. The second-order valence-corrected chi connectivity index (χ2v) is 8.10. The maximum Gasteiger partial charge on any atom is 0.280 e. The van der Waals surface area contributed by atoms with Gasteiger partial charge in [0.25, 0.3) is 5.56 Å². The number of halogens is 1. The molecule has 0 fully saturated rings. The van der Waals surface area contributed by atoms with Gasteiger partial charge in [0.15, 0.2) is 10.7 Å². The average molecular weight is 456 g/mol. The Kier molecular flexibility index (Phi) is 6.40. The normalized spacial score (nSPS) is 11.2. The highest BCUT2D eigenvalue weighted by Gasteiger charge is 2.19. The SMILES string of the molecule is CCn1nc(C)c2nc(SCC(=O)NCc3ccco3)n(Cc3ccc(F)cc3)c(=O)c21. The van der Waals surface area contributed by atoms with E-state index in [0.717, 1.165) is 5.56 Å². The highest BCUT2D eigenvalue weighted by Crippen LogP contribution is 2.21. The van der Waals surface area contributed by atoms with Crippen LogP contribution in [0.2, 0.25) is 0 Å². The van der Waals surface area contributed by atoms with Crippen molar-refractivity contribution in [2.75, 3.05) is 5.75 Å². The monoisotopic (exact) mass is 455 g/mol. The summed E-state index contributed by atoms with van der Waals surface area (Å²) in [5, 5.41) is 7.60. The lowest BCUT2D eigenvalue weighted by Gasteiger charge is -2.13. The number of hydrogen-bond donors (Lipinski definition) is 1. The van der Waals surface area contributed by atoms with Crippen molar-refractivity contribution in [3.63, 3.8) is 0 Å². The van der Waals surface area contributed by atoms with Crippen LogP contribution in [0.1, 0.15) is 23.9 Å². The number of benzene rings is 1. The Morgan fingerprint density at radius 2 is 2.03 bits per heavy atom. The summed E-state index contributed by atoms with van der Waals surface area (Å²) in [4.78, 5) is 30.4. The molecule has 0 atom stereocenters. The largest absolute Gasteiger partial charge is 0.467 e. The van der Waals surface area contributed by atoms with Gasteiger partial charge in [-0.05, 0) is 43.7 Å². The van der Waals surface area contributed by atoms with E-state index in [4.69, 9.17) is 4.42 Å². The molecule has 10 heteroatoms. The van der Waals surface area contributed by atoms with Crippen molar-refractivity contribution < 1.29 is 13.6 Å². The van der Waals surface area contributed by atoms with E-state index in [-0.39, 0.29) is 36.1 Å². The molecule has 1 amide bonds. The number of nitrogens with zero attached hydrogens (tertiary/aromatic N) is 4. The first-order valence-corrected chi connectivity index (χ1v) is 11.1. The molecule has 1 N–H and O–H groups in total. The maximum atomic E-state index is 13.4. The van der Waals surface area contributed by atoms with Gasteiger partial charge in [-0.15, -0.1) is 0 Å². The molecule has 1 aromatic carbocycles. The van der Waals surface area contributed by atoms with Crippen LogP contribution in [0.15, 0.2) is 57.0 Å². The minimum atomic E-state index is -0.350. The first-order chi connectivity index (χ1) is 15.5. The third-order valence-corrected chi connectivity index (χ3v) is 5.88. The highest BCUT2D eigenvalue weighted by molar-refractivity contribution is 7.99. The summed E-state index contributed by atoms with van der Waals surface area (Å²) < 4.78 is 21.7.